The van der Waals surface area contributed by atoms with Gasteiger partial charge < -0.3 is 10.5 Å². The van der Waals surface area contributed by atoms with Crippen LogP contribution in [0.25, 0.3) is 0 Å². The molecule has 66 valence electrons. The lowest BCUT2D eigenvalue weighted by Crippen LogP contribution is -2.08. The van der Waals surface area contributed by atoms with Crippen LogP contribution in [-0.4, -0.2) is 13.7 Å². The highest BCUT2D eigenvalue weighted by molar-refractivity contribution is 5.27. The molecule has 0 spiro atoms. The van der Waals surface area contributed by atoms with Crippen molar-refractivity contribution in [3.05, 3.63) is 35.4 Å². The Morgan fingerprint density at radius 2 is 1.83 bits per heavy atom. The summed E-state index contributed by atoms with van der Waals surface area (Å²) in [4.78, 5) is 0. The second-order valence-corrected chi connectivity index (χ2v) is 2.57. The van der Waals surface area contributed by atoms with Crippen molar-refractivity contribution in [2.75, 3.05) is 13.7 Å². The average molecular weight is 165 g/mol. The molecule has 0 saturated heterocycles. The van der Waals surface area contributed by atoms with Crippen LogP contribution in [0.15, 0.2) is 24.3 Å². The summed E-state index contributed by atoms with van der Waals surface area (Å²) in [7, 11) is 1.50. The molecular formula is C10H15NO. The van der Waals surface area contributed by atoms with Crippen LogP contribution in [-0.2, 0) is 17.8 Å². The summed E-state index contributed by atoms with van der Waals surface area (Å²) >= 11 is 0. The van der Waals surface area contributed by atoms with E-state index in [0.717, 1.165) is 19.6 Å². The van der Waals surface area contributed by atoms with Crippen LogP contribution in [0.3, 0.4) is 0 Å². The first kappa shape index (κ1) is 9.23. The molecule has 0 aliphatic carbocycles. The Kier molecular flexibility index (Phi) is 3.77. The molecule has 12 heavy (non-hydrogen) atoms. The van der Waals surface area contributed by atoms with E-state index in [1.54, 1.807) is 0 Å². The van der Waals surface area contributed by atoms with Gasteiger partial charge in [-0.1, -0.05) is 24.3 Å². The van der Waals surface area contributed by atoms with Gasteiger partial charge in [0, 0.05) is 0 Å². The minimum Gasteiger partial charge on any atom is -0.376 e. The first-order valence-corrected chi connectivity index (χ1v) is 4.19. The molecule has 2 rings (SSSR count). The third kappa shape index (κ3) is 2.06. The molecule has 2 nitrogen and oxygen atoms in total. The normalized spacial score (nSPS) is 14.2. The van der Waals surface area contributed by atoms with Gasteiger partial charge in [0.15, 0.2) is 0 Å². The Morgan fingerprint density at radius 3 is 2.50 bits per heavy atom. The SMILES string of the molecule is CN.c1ccc2c(c1)CCOC2. The molecule has 0 atom stereocenters. The lowest BCUT2D eigenvalue weighted by Gasteiger charge is -2.14. The highest BCUT2D eigenvalue weighted by atomic mass is 16.5. The lowest BCUT2D eigenvalue weighted by atomic mass is 10.0. The highest BCUT2D eigenvalue weighted by Gasteiger charge is 2.06. The molecule has 1 aliphatic heterocycles. The zero-order valence-corrected chi connectivity index (χ0v) is 7.42. The zero-order chi connectivity index (χ0) is 8.81. The molecule has 1 aromatic rings. The Balaban J connectivity index is 0.000000336. The fourth-order valence-corrected chi connectivity index (χ4v) is 1.31. The van der Waals surface area contributed by atoms with E-state index in [4.69, 9.17) is 4.74 Å². The van der Waals surface area contributed by atoms with Gasteiger partial charge in [0.25, 0.3) is 0 Å². The lowest BCUT2D eigenvalue weighted by molar-refractivity contribution is 0.111. The number of fused-ring (bicyclic) bond motifs is 1. The topological polar surface area (TPSA) is 35.2 Å². The van der Waals surface area contributed by atoms with Crippen LogP contribution in [0.2, 0.25) is 0 Å². The summed E-state index contributed by atoms with van der Waals surface area (Å²) < 4.78 is 5.30. The Bertz CT molecular complexity index is 210. The quantitative estimate of drug-likeness (QED) is 0.629. The number of ether oxygens (including phenoxy) is 1. The van der Waals surface area contributed by atoms with E-state index >= 15 is 0 Å². The average Bonchev–Trinajstić information content (AvgIpc) is 2.21. The minimum atomic E-state index is 0.802. The smallest absolute Gasteiger partial charge is 0.0719 e. The van der Waals surface area contributed by atoms with Gasteiger partial charge in [-0.05, 0) is 24.6 Å². The summed E-state index contributed by atoms with van der Waals surface area (Å²) in [6.07, 6.45) is 1.08. The van der Waals surface area contributed by atoms with Crippen molar-refractivity contribution >= 4 is 0 Å². The molecule has 1 aromatic carbocycles. The third-order valence-electron chi connectivity index (χ3n) is 1.89. The maximum atomic E-state index is 5.30. The summed E-state index contributed by atoms with van der Waals surface area (Å²) in [5.74, 6) is 0. The molecule has 0 aromatic heterocycles. The number of hydrogen-bond donors (Lipinski definition) is 1. The molecule has 0 amide bonds. The van der Waals surface area contributed by atoms with Crippen LogP contribution < -0.4 is 5.73 Å². The Morgan fingerprint density at radius 1 is 1.17 bits per heavy atom. The van der Waals surface area contributed by atoms with Crippen molar-refractivity contribution in [2.45, 2.75) is 13.0 Å². The van der Waals surface area contributed by atoms with E-state index < -0.39 is 0 Å². The molecule has 0 bridgehead atoms. The van der Waals surface area contributed by atoms with Crippen LogP contribution in [0.1, 0.15) is 11.1 Å². The van der Waals surface area contributed by atoms with Gasteiger partial charge in [0.1, 0.15) is 0 Å². The van der Waals surface area contributed by atoms with Crippen molar-refractivity contribution in [1.29, 1.82) is 0 Å². The van der Waals surface area contributed by atoms with E-state index in [-0.39, 0.29) is 0 Å². The highest BCUT2D eigenvalue weighted by Crippen LogP contribution is 2.14. The summed E-state index contributed by atoms with van der Waals surface area (Å²) in [5, 5.41) is 0. The predicted molar refractivity (Wildman–Crippen MR) is 49.9 cm³/mol. The third-order valence-corrected chi connectivity index (χ3v) is 1.89. The van der Waals surface area contributed by atoms with Crippen LogP contribution in [0.5, 0.6) is 0 Å². The molecule has 1 heterocycles. The summed E-state index contributed by atoms with van der Waals surface area (Å²) in [5.41, 5.74) is 7.31. The Labute approximate surface area is 73.3 Å². The fourth-order valence-electron chi connectivity index (χ4n) is 1.31. The number of nitrogens with two attached hydrogens (primary N) is 1. The molecular weight excluding hydrogens is 150 g/mol. The van der Waals surface area contributed by atoms with Crippen LogP contribution in [0.4, 0.5) is 0 Å². The van der Waals surface area contributed by atoms with Gasteiger partial charge in [-0.3, -0.25) is 0 Å². The molecule has 2 N–H and O–H groups in total. The van der Waals surface area contributed by atoms with Gasteiger partial charge in [0.2, 0.25) is 0 Å². The van der Waals surface area contributed by atoms with Crippen molar-refractivity contribution in [2.24, 2.45) is 5.73 Å². The van der Waals surface area contributed by atoms with Crippen LogP contribution in [0, 0.1) is 0 Å². The van der Waals surface area contributed by atoms with Gasteiger partial charge >= 0.3 is 0 Å². The molecule has 0 fully saturated rings. The molecule has 0 radical (unpaired) electrons. The second kappa shape index (κ2) is 4.91. The van der Waals surface area contributed by atoms with E-state index in [1.807, 2.05) is 0 Å². The van der Waals surface area contributed by atoms with Gasteiger partial charge in [-0.15, -0.1) is 0 Å². The zero-order valence-electron chi connectivity index (χ0n) is 7.42. The van der Waals surface area contributed by atoms with E-state index in [1.165, 1.54) is 18.2 Å². The summed E-state index contributed by atoms with van der Waals surface area (Å²) in [6.45, 7) is 1.69. The first-order valence-electron chi connectivity index (χ1n) is 4.19. The number of rotatable bonds is 0. The molecule has 0 saturated carbocycles. The molecule has 1 aliphatic rings. The number of benzene rings is 1. The molecule has 0 unspecified atom stereocenters. The van der Waals surface area contributed by atoms with Crippen molar-refractivity contribution < 1.29 is 4.74 Å². The van der Waals surface area contributed by atoms with Gasteiger partial charge in [-0.25, -0.2) is 0 Å². The summed E-state index contributed by atoms with van der Waals surface area (Å²) in [6, 6.07) is 8.46. The fraction of sp³-hybridized carbons (Fsp3) is 0.400. The number of hydrogen-bond acceptors (Lipinski definition) is 2. The van der Waals surface area contributed by atoms with Crippen molar-refractivity contribution in [1.82, 2.24) is 0 Å². The van der Waals surface area contributed by atoms with E-state index in [2.05, 4.69) is 30.0 Å². The largest absolute Gasteiger partial charge is 0.376 e. The maximum Gasteiger partial charge on any atom is 0.0719 e. The maximum absolute atomic E-state index is 5.30. The van der Waals surface area contributed by atoms with Crippen LogP contribution >= 0.6 is 0 Å². The standard InChI is InChI=1S/C9H10O.CH5N/c1-2-4-9-7-10-6-5-8(9)3-1;1-2/h1-4H,5-7H2;2H2,1H3. The van der Waals surface area contributed by atoms with E-state index in [9.17, 15) is 0 Å². The van der Waals surface area contributed by atoms with Crippen molar-refractivity contribution in [3.8, 4) is 0 Å². The Hall–Kier alpha value is -0.860. The van der Waals surface area contributed by atoms with E-state index in [0.29, 0.717) is 0 Å². The van der Waals surface area contributed by atoms with Crippen molar-refractivity contribution in [3.63, 3.8) is 0 Å². The van der Waals surface area contributed by atoms with Gasteiger partial charge in [-0.2, -0.15) is 0 Å². The van der Waals surface area contributed by atoms with Gasteiger partial charge in [0.05, 0.1) is 13.2 Å². The monoisotopic (exact) mass is 165 g/mol. The second-order valence-electron chi connectivity index (χ2n) is 2.57. The minimum absolute atomic E-state index is 0.802. The predicted octanol–water partition coefficient (Wildman–Crippen LogP) is 1.33. The first-order chi connectivity index (χ1) is 5.97. The molecule has 2 heteroatoms.